The zero-order valence-electron chi connectivity index (χ0n) is 9.79. The van der Waals surface area contributed by atoms with Crippen LogP contribution in [0, 0.1) is 0 Å². The van der Waals surface area contributed by atoms with Gasteiger partial charge in [0.2, 0.25) is 0 Å². The average Bonchev–Trinajstić information content (AvgIpc) is 2.17. The smallest absolute Gasteiger partial charge is 0.0629 e. The standard InChI is InChI=1S/C11H24N2O/c1-4-11(2,14)5-6-13-9-7-12(3)8-10-13/h14H,4-10H2,1-3H3. The minimum atomic E-state index is -0.469. The summed E-state index contributed by atoms with van der Waals surface area (Å²) < 4.78 is 0. The van der Waals surface area contributed by atoms with Crippen molar-refractivity contribution < 1.29 is 5.11 Å². The Hall–Kier alpha value is -0.120. The second-order valence-electron chi connectivity index (χ2n) is 4.75. The molecule has 1 N–H and O–H groups in total. The molecule has 0 aromatic heterocycles. The molecule has 1 aliphatic heterocycles. The molecule has 0 bridgehead atoms. The van der Waals surface area contributed by atoms with Crippen molar-refractivity contribution in [3.63, 3.8) is 0 Å². The normalized spacial score (nSPS) is 24.9. The summed E-state index contributed by atoms with van der Waals surface area (Å²) >= 11 is 0. The lowest BCUT2D eigenvalue weighted by Gasteiger charge is -2.34. The fourth-order valence-corrected chi connectivity index (χ4v) is 1.65. The first-order valence-electron chi connectivity index (χ1n) is 5.67. The van der Waals surface area contributed by atoms with Gasteiger partial charge in [-0.1, -0.05) is 6.92 Å². The maximum atomic E-state index is 9.87. The molecule has 0 aliphatic carbocycles. The highest BCUT2D eigenvalue weighted by Crippen LogP contribution is 2.14. The minimum absolute atomic E-state index is 0.469. The predicted octanol–water partition coefficient (Wildman–Crippen LogP) is 0.785. The molecule has 1 heterocycles. The third-order valence-corrected chi connectivity index (χ3v) is 3.32. The summed E-state index contributed by atoms with van der Waals surface area (Å²) in [6.07, 6.45) is 1.74. The number of hydrogen-bond acceptors (Lipinski definition) is 3. The lowest BCUT2D eigenvalue weighted by Crippen LogP contribution is -2.45. The quantitative estimate of drug-likeness (QED) is 0.726. The Morgan fingerprint density at radius 3 is 2.29 bits per heavy atom. The van der Waals surface area contributed by atoms with Crippen LogP contribution >= 0.6 is 0 Å². The summed E-state index contributed by atoms with van der Waals surface area (Å²) in [6.45, 7) is 9.64. The van der Waals surface area contributed by atoms with Gasteiger partial charge in [-0.05, 0) is 26.8 Å². The third kappa shape index (κ3) is 3.95. The van der Waals surface area contributed by atoms with Crippen LogP contribution in [0.15, 0.2) is 0 Å². The minimum Gasteiger partial charge on any atom is -0.390 e. The van der Waals surface area contributed by atoms with E-state index in [1.54, 1.807) is 0 Å². The Bertz CT molecular complexity index is 163. The molecule has 1 unspecified atom stereocenters. The van der Waals surface area contributed by atoms with Crippen LogP contribution in [0.5, 0.6) is 0 Å². The highest BCUT2D eigenvalue weighted by Gasteiger charge is 2.20. The fraction of sp³-hybridized carbons (Fsp3) is 1.00. The molecule has 1 atom stereocenters. The lowest BCUT2D eigenvalue weighted by molar-refractivity contribution is 0.0301. The van der Waals surface area contributed by atoms with Crippen molar-refractivity contribution in [1.82, 2.24) is 9.80 Å². The third-order valence-electron chi connectivity index (χ3n) is 3.32. The number of hydrogen-bond donors (Lipinski definition) is 1. The van der Waals surface area contributed by atoms with Crippen LogP contribution in [0.3, 0.4) is 0 Å². The van der Waals surface area contributed by atoms with Gasteiger partial charge in [0.25, 0.3) is 0 Å². The summed E-state index contributed by atoms with van der Waals surface area (Å²) in [5.74, 6) is 0. The average molecular weight is 200 g/mol. The SMILES string of the molecule is CCC(C)(O)CCN1CCN(C)CC1. The summed E-state index contributed by atoms with van der Waals surface area (Å²) in [5.41, 5.74) is -0.469. The molecule has 3 nitrogen and oxygen atoms in total. The van der Waals surface area contributed by atoms with Gasteiger partial charge in [0.1, 0.15) is 0 Å². The number of likely N-dealkylation sites (N-methyl/N-ethyl adjacent to an activating group) is 1. The maximum Gasteiger partial charge on any atom is 0.0629 e. The van der Waals surface area contributed by atoms with E-state index in [4.69, 9.17) is 0 Å². The van der Waals surface area contributed by atoms with Crippen LogP contribution < -0.4 is 0 Å². The zero-order chi connectivity index (χ0) is 10.6. The van der Waals surface area contributed by atoms with Gasteiger partial charge in [-0.25, -0.2) is 0 Å². The van der Waals surface area contributed by atoms with Crippen molar-refractivity contribution in [3.05, 3.63) is 0 Å². The molecule has 1 aliphatic rings. The van der Waals surface area contributed by atoms with E-state index in [0.717, 1.165) is 45.6 Å². The molecule has 1 fully saturated rings. The Morgan fingerprint density at radius 1 is 1.21 bits per heavy atom. The topological polar surface area (TPSA) is 26.7 Å². The van der Waals surface area contributed by atoms with E-state index in [-0.39, 0.29) is 0 Å². The Labute approximate surface area is 87.7 Å². The summed E-state index contributed by atoms with van der Waals surface area (Å²) in [5, 5.41) is 9.87. The van der Waals surface area contributed by atoms with Gasteiger partial charge in [0.15, 0.2) is 0 Å². The van der Waals surface area contributed by atoms with E-state index in [9.17, 15) is 5.11 Å². The van der Waals surface area contributed by atoms with Crippen molar-refractivity contribution in [2.24, 2.45) is 0 Å². The van der Waals surface area contributed by atoms with Crippen molar-refractivity contribution in [1.29, 1.82) is 0 Å². The van der Waals surface area contributed by atoms with Crippen LogP contribution in [0.2, 0.25) is 0 Å². The number of nitrogens with zero attached hydrogens (tertiary/aromatic N) is 2. The maximum absolute atomic E-state index is 9.87. The molecule has 0 radical (unpaired) electrons. The number of piperazine rings is 1. The van der Waals surface area contributed by atoms with Gasteiger partial charge in [-0.2, -0.15) is 0 Å². The lowest BCUT2D eigenvalue weighted by atomic mass is 9.99. The molecular weight excluding hydrogens is 176 g/mol. The van der Waals surface area contributed by atoms with E-state index in [1.807, 2.05) is 13.8 Å². The second kappa shape index (κ2) is 5.10. The number of rotatable bonds is 4. The molecule has 1 saturated heterocycles. The van der Waals surface area contributed by atoms with Crippen LogP contribution in [0.25, 0.3) is 0 Å². The van der Waals surface area contributed by atoms with E-state index in [2.05, 4.69) is 16.8 Å². The van der Waals surface area contributed by atoms with Crippen LogP contribution in [-0.4, -0.2) is 60.3 Å². The largest absolute Gasteiger partial charge is 0.390 e. The molecule has 0 spiro atoms. The van der Waals surface area contributed by atoms with Crippen LogP contribution in [0.4, 0.5) is 0 Å². The Morgan fingerprint density at radius 2 is 1.79 bits per heavy atom. The van der Waals surface area contributed by atoms with Gasteiger partial charge in [-0.15, -0.1) is 0 Å². The van der Waals surface area contributed by atoms with Crippen molar-refractivity contribution in [3.8, 4) is 0 Å². The van der Waals surface area contributed by atoms with Gasteiger partial charge < -0.3 is 14.9 Å². The van der Waals surface area contributed by atoms with E-state index in [1.165, 1.54) is 0 Å². The molecule has 3 heteroatoms. The Kier molecular flexibility index (Phi) is 4.35. The monoisotopic (exact) mass is 200 g/mol. The number of aliphatic hydroxyl groups is 1. The molecule has 1 rings (SSSR count). The van der Waals surface area contributed by atoms with E-state index >= 15 is 0 Å². The van der Waals surface area contributed by atoms with Gasteiger partial charge in [0, 0.05) is 32.7 Å². The first-order valence-corrected chi connectivity index (χ1v) is 5.67. The zero-order valence-corrected chi connectivity index (χ0v) is 9.79. The van der Waals surface area contributed by atoms with Crippen molar-refractivity contribution >= 4 is 0 Å². The van der Waals surface area contributed by atoms with Gasteiger partial charge >= 0.3 is 0 Å². The molecule has 0 aromatic rings. The molecule has 0 amide bonds. The van der Waals surface area contributed by atoms with E-state index < -0.39 is 5.60 Å². The van der Waals surface area contributed by atoms with Crippen LogP contribution in [0.1, 0.15) is 26.7 Å². The first kappa shape index (κ1) is 12.0. The summed E-state index contributed by atoms with van der Waals surface area (Å²) in [6, 6.07) is 0. The van der Waals surface area contributed by atoms with E-state index in [0.29, 0.717) is 0 Å². The highest BCUT2D eigenvalue weighted by molar-refractivity contribution is 4.75. The molecule has 14 heavy (non-hydrogen) atoms. The highest BCUT2D eigenvalue weighted by atomic mass is 16.3. The first-order chi connectivity index (χ1) is 6.53. The summed E-state index contributed by atoms with van der Waals surface area (Å²) in [4.78, 5) is 4.80. The fourth-order valence-electron chi connectivity index (χ4n) is 1.65. The molecule has 0 saturated carbocycles. The summed E-state index contributed by atoms with van der Waals surface area (Å²) in [7, 11) is 2.17. The van der Waals surface area contributed by atoms with Gasteiger partial charge in [-0.3, -0.25) is 0 Å². The van der Waals surface area contributed by atoms with Gasteiger partial charge in [0.05, 0.1) is 5.60 Å². The molecule has 84 valence electrons. The van der Waals surface area contributed by atoms with Crippen LogP contribution in [-0.2, 0) is 0 Å². The molecule has 0 aromatic carbocycles. The molecular formula is C11H24N2O. The Balaban J connectivity index is 2.19. The van der Waals surface area contributed by atoms with Crippen molar-refractivity contribution in [2.75, 3.05) is 39.8 Å². The predicted molar refractivity (Wildman–Crippen MR) is 59.5 cm³/mol. The van der Waals surface area contributed by atoms with Crippen molar-refractivity contribution in [2.45, 2.75) is 32.3 Å². The second-order valence-corrected chi connectivity index (χ2v) is 4.75.